The molecule has 0 radical (unpaired) electrons. The molecule has 0 bridgehead atoms. The molecule has 1 heterocycles. The molecule has 4 nitrogen and oxygen atoms in total. The summed E-state index contributed by atoms with van der Waals surface area (Å²) in [6.45, 7) is 3.21. The van der Waals surface area contributed by atoms with Crippen molar-refractivity contribution in [1.82, 2.24) is 0 Å². The second kappa shape index (κ2) is 5.71. The average molecular weight is 313 g/mol. The third-order valence-electron chi connectivity index (χ3n) is 3.04. The van der Waals surface area contributed by atoms with Gasteiger partial charge >= 0.3 is 0 Å². The van der Waals surface area contributed by atoms with Crippen molar-refractivity contribution in [2.45, 2.75) is 19.8 Å². The zero-order valence-corrected chi connectivity index (χ0v) is 11.9. The normalized spacial score (nSPS) is 19.6. The lowest BCUT2D eigenvalue weighted by atomic mass is 10.0. The minimum atomic E-state index is -0.0775. The molecule has 98 valence electrons. The predicted octanol–water partition coefficient (Wildman–Crippen LogP) is 2.70. The first-order valence-electron chi connectivity index (χ1n) is 6.02. The van der Waals surface area contributed by atoms with E-state index in [2.05, 4.69) is 21.2 Å². The first-order valence-corrected chi connectivity index (χ1v) is 6.81. The Bertz CT molecular complexity index is 433. The Morgan fingerprint density at radius 3 is 2.94 bits per heavy atom. The Labute approximate surface area is 115 Å². The van der Waals surface area contributed by atoms with Gasteiger partial charge in [-0.05, 0) is 53.4 Å². The first-order chi connectivity index (χ1) is 8.58. The van der Waals surface area contributed by atoms with Crippen LogP contribution in [0.25, 0.3) is 0 Å². The monoisotopic (exact) mass is 312 g/mol. The zero-order chi connectivity index (χ0) is 13.1. The summed E-state index contributed by atoms with van der Waals surface area (Å²) in [6.07, 6.45) is 1.80. The third-order valence-corrected chi connectivity index (χ3v) is 3.67. The van der Waals surface area contributed by atoms with Gasteiger partial charge in [0, 0.05) is 11.1 Å². The van der Waals surface area contributed by atoms with Crippen LogP contribution < -0.4 is 11.1 Å². The van der Waals surface area contributed by atoms with Gasteiger partial charge in [0.25, 0.3) is 0 Å². The molecule has 0 saturated carbocycles. The number of carbonyl (C=O) groups excluding carboxylic acids is 1. The van der Waals surface area contributed by atoms with Crippen molar-refractivity contribution in [2.75, 3.05) is 24.3 Å². The number of hydrogen-bond acceptors (Lipinski definition) is 3. The third kappa shape index (κ3) is 3.03. The van der Waals surface area contributed by atoms with Crippen molar-refractivity contribution in [3.8, 4) is 0 Å². The summed E-state index contributed by atoms with van der Waals surface area (Å²) in [5.74, 6) is -0.0997. The maximum atomic E-state index is 12.1. The molecule has 1 amide bonds. The second-order valence-electron chi connectivity index (χ2n) is 4.61. The molecule has 1 fully saturated rings. The van der Waals surface area contributed by atoms with E-state index in [9.17, 15) is 4.79 Å². The molecule has 0 spiro atoms. The van der Waals surface area contributed by atoms with E-state index in [1.807, 2.05) is 19.1 Å². The van der Waals surface area contributed by atoms with Crippen molar-refractivity contribution in [3.05, 3.63) is 22.2 Å². The molecule has 1 aromatic rings. The Morgan fingerprint density at radius 1 is 1.56 bits per heavy atom. The molecular formula is C13H17BrN2O2. The molecule has 0 aliphatic carbocycles. The van der Waals surface area contributed by atoms with Crippen LogP contribution in [0, 0.1) is 12.8 Å². The second-order valence-corrected chi connectivity index (χ2v) is 5.47. The fraction of sp³-hybridized carbons (Fsp3) is 0.462. The van der Waals surface area contributed by atoms with Gasteiger partial charge < -0.3 is 15.8 Å². The molecule has 1 aromatic carbocycles. The predicted molar refractivity (Wildman–Crippen MR) is 75.5 cm³/mol. The van der Waals surface area contributed by atoms with Gasteiger partial charge in [0.15, 0.2) is 0 Å². The molecule has 1 aliphatic heterocycles. The van der Waals surface area contributed by atoms with Crippen LogP contribution in [-0.4, -0.2) is 19.1 Å². The van der Waals surface area contributed by atoms with Gasteiger partial charge in [-0.3, -0.25) is 4.79 Å². The van der Waals surface area contributed by atoms with Gasteiger partial charge in [-0.25, -0.2) is 0 Å². The van der Waals surface area contributed by atoms with Crippen molar-refractivity contribution in [3.63, 3.8) is 0 Å². The first kappa shape index (κ1) is 13.4. The van der Waals surface area contributed by atoms with E-state index < -0.39 is 0 Å². The van der Waals surface area contributed by atoms with E-state index in [-0.39, 0.29) is 11.8 Å². The summed E-state index contributed by atoms with van der Waals surface area (Å²) in [5, 5.41) is 2.88. The lowest BCUT2D eigenvalue weighted by Crippen LogP contribution is -2.30. The molecule has 1 unspecified atom stereocenters. The van der Waals surface area contributed by atoms with Crippen LogP contribution in [0.4, 0.5) is 11.4 Å². The number of hydrogen-bond donors (Lipinski definition) is 2. The average Bonchev–Trinajstić information content (AvgIpc) is 2.34. The Hall–Kier alpha value is -1.07. The smallest absolute Gasteiger partial charge is 0.229 e. The van der Waals surface area contributed by atoms with Crippen LogP contribution in [0.5, 0.6) is 0 Å². The summed E-state index contributed by atoms with van der Waals surface area (Å²) in [4.78, 5) is 12.1. The highest BCUT2D eigenvalue weighted by Crippen LogP contribution is 2.31. The van der Waals surface area contributed by atoms with E-state index in [4.69, 9.17) is 10.5 Å². The quantitative estimate of drug-likeness (QED) is 0.825. The summed E-state index contributed by atoms with van der Waals surface area (Å²) in [6, 6.07) is 3.78. The van der Waals surface area contributed by atoms with Crippen LogP contribution in [0.15, 0.2) is 16.6 Å². The number of nitrogens with two attached hydrogens (primary N) is 1. The Morgan fingerprint density at radius 2 is 2.33 bits per heavy atom. The van der Waals surface area contributed by atoms with Gasteiger partial charge in [-0.15, -0.1) is 0 Å². The zero-order valence-electron chi connectivity index (χ0n) is 10.3. The number of nitrogen functional groups attached to an aromatic ring is 1. The molecule has 1 atom stereocenters. The van der Waals surface area contributed by atoms with E-state index in [0.717, 1.165) is 29.5 Å². The van der Waals surface area contributed by atoms with Gasteiger partial charge in [0.2, 0.25) is 5.91 Å². The van der Waals surface area contributed by atoms with Crippen LogP contribution >= 0.6 is 15.9 Å². The van der Waals surface area contributed by atoms with Crippen molar-refractivity contribution in [2.24, 2.45) is 5.92 Å². The topological polar surface area (TPSA) is 64.3 Å². The van der Waals surface area contributed by atoms with Crippen LogP contribution in [-0.2, 0) is 9.53 Å². The number of anilines is 2. The fourth-order valence-corrected chi connectivity index (χ4v) is 2.76. The summed E-state index contributed by atoms with van der Waals surface area (Å²) >= 11 is 3.42. The largest absolute Gasteiger partial charge is 0.397 e. The highest BCUT2D eigenvalue weighted by Gasteiger charge is 2.22. The minimum absolute atomic E-state index is 0.0223. The molecule has 0 aromatic heterocycles. The van der Waals surface area contributed by atoms with Gasteiger partial charge in [0.1, 0.15) is 0 Å². The number of nitrogens with one attached hydrogen (secondary N) is 1. The number of carbonyl (C=O) groups is 1. The molecule has 18 heavy (non-hydrogen) atoms. The minimum Gasteiger partial charge on any atom is -0.397 e. The Balaban J connectivity index is 2.11. The molecular weight excluding hydrogens is 296 g/mol. The van der Waals surface area contributed by atoms with Gasteiger partial charge in [-0.2, -0.15) is 0 Å². The van der Waals surface area contributed by atoms with Crippen molar-refractivity contribution < 1.29 is 9.53 Å². The van der Waals surface area contributed by atoms with E-state index in [1.54, 1.807) is 0 Å². The lowest BCUT2D eigenvalue weighted by Gasteiger charge is -2.22. The van der Waals surface area contributed by atoms with Crippen LogP contribution in [0.2, 0.25) is 0 Å². The molecule has 5 heteroatoms. The number of amides is 1. The van der Waals surface area contributed by atoms with Crippen LogP contribution in [0.3, 0.4) is 0 Å². The number of benzene rings is 1. The maximum absolute atomic E-state index is 12.1. The standard InChI is InChI=1S/C13H17BrN2O2/c1-8-5-10(14)12(11(15)6-8)16-13(17)9-3-2-4-18-7-9/h5-6,9H,2-4,7,15H2,1H3,(H,16,17). The highest BCUT2D eigenvalue weighted by atomic mass is 79.9. The summed E-state index contributed by atoms with van der Waals surface area (Å²) < 4.78 is 6.13. The highest BCUT2D eigenvalue weighted by molar-refractivity contribution is 9.10. The SMILES string of the molecule is Cc1cc(N)c(NC(=O)C2CCCOC2)c(Br)c1. The summed E-state index contributed by atoms with van der Waals surface area (Å²) in [7, 11) is 0. The number of halogens is 1. The van der Waals surface area contributed by atoms with Crippen LogP contribution in [0.1, 0.15) is 18.4 Å². The van der Waals surface area contributed by atoms with E-state index in [0.29, 0.717) is 18.0 Å². The molecule has 1 aliphatic rings. The van der Waals surface area contributed by atoms with Crippen molar-refractivity contribution >= 4 is 33.2 Å². The van der Waals surface area contributed by atoms with E-state index >= 15 is 0 Å². The molecule has 3 N–H and O–H groups in total. The Kier molecular flexibility index (Phi) is 4.24. The maximum Gasteiger partial charge on any atom is 0.229 e. The number of ether oxygens (including phenoxy) is 1. The molecule has 2 rings (SSSR count). The van der Waals surface area contributed by atoms with Gasteiger partial charge in [-0.1, -0.05) is 0 Å². The summed E-state index contributed by atoms with van der Waals surface area (Å²) in [5.41, 5.74) is 8.20. The molecule has 1 saturated heterocycles. The number of rotatable bonds is 2. The van der Waals surface area contributed by atoms with E-state index in [1.165, 1.54) is 0 Å². The number of aryl methyl sites for hydroxylation is 1. The fourth-order valence-electron chi connectivity index (χ4n) is 2.07. The lowest BCUT2D eigenvalue weighted by molar-refractivity contribution is -0.123. The van der Waals surface area contributed by atoms with Crippen molar-refractivity contribution in [1.29, 1.82) is 0 Å². The van der Waals surface area contributed by atoms with Gasteiger partial charge in [0.05, 0.1) is 23.9 Å².